The first-order valence-corrected chi connectivity index (χ1v) is 3.73. The van der Waals surface area contributed by atoms with Gasteiger partial charge in [-0.2, -0.15) is 4.39 Å². The van der Waals surface area contributed by atoms with E-state index in [0.717, 1.165) is 0 Å². The molecule has 0 atom stereocenters. The number of rotatable bonds is 1. The van der Waals surface area contributed by atoms with E-state index >= 15 is 0 Å². The Hall–Kier alpha value is -2.11. The molecule has 5 nitrogen and oxygen atoms in total. The van der Waals surface area contributed by atoms with Gasteiger partial charge in [-0.1, -0.05) is 0 Å². The largest absolute Gasteiger partial charge is 0.472 e. The van der Waals surface area contributed by atoms with E-state index in [1.54, 1.807) is 4.98 Å². The fourth-order valence-corrected chi connectivity index (χ4v) is 1.08. The summed E-state index contributed by atoms with van der Waals surface area (Å²) < 4.78 is 17.9. The third kappa shape index (κ3) is 1.26. The number of hydrogen-bond acceptors (Lipinski definition) is 3. The second kappa shape index (κ2) is 2.99. The maximum absolute atomic E-state index is 13.2. The predicted octanol–water partition coefficient (Wildman–Crippen LogP) is 0.462. The van der Waals surface area contributed by atoms with Crippen LogP contribution in [0.5, 0.6) is 0 Å². The van der Waals surface area contributed by atoms with Crippen molar-refractivity contribution in [2.24, 2.45) is 0 Å². The number of aromatic nitrogens is 2. The first-order chi connectivity index (χ1) is 6.68. The third-order valence-corrected chi connectivity index (χ3v) is 1.69. The standard InChI is InChI=1S/C8H5FN2O3/c9-5-6(4-1-2-14-3-4)10-8(13)11-7(5)12/h1-3H,(H2,10,11,12,13). The highest BCUT2D eigenvalue weighted by atomic mass is 19.1. The molecule has 0 saturated heterocycles. The van der Waals surface area contributed by atoms with Crippen molar-refractivity contribution >= 4 is 0 Å². The smallest absolute Gasteiger partial charge is 0.326 e. The number of nitrogens with one attached hydrogen (secondary N) is 2. The van der Waals surface area contributed by atoms with Crippen LogP contribution >= 0.6 is 0 Å². The number of halogens is 1. The average molecular weight is 196 g/mol. The van der Waals surface area contributed by atoms with Crippen LogP contribution in [0.1, 0.15) is 0 Å². The SMILES string of the molecule is O=c1[nH]c(-c2ccoc2)c(F)c(=O)[nH]1. The van der Waals surface area contributed by atoms with E-state index < -0.39 is 17.1 Å². The Balaban J connectivity index is 2.77. The Kier molecular flexibility index (Phi) is 1.81. The van der Waals surface area contributed by atoms with Gasteiger partial charge < -0.3 is 9.40 Å². The summed E-state index contributed by atoms with van der Waals surface area (Å²) >= 11 is 0. The molecule has 2 heterocycles. The number of H-pyrrole nitrogens is 2. The summed E-state index contributed by atoms with van der Waals surface area (Å²) in [6.07, 6.45) is 2.54. The molecule has 0 aromatic carbocycles. The molecule has 2 rings (SSSR count). The van der Waals surface area contributed by atoms with Gasteiger partial charge in [0.15, 0.2) is 0 Å². The summed E-state index contributed by atoms with van der Waals surface area (Å²) in [5.41, 5.74) is -1.67. The molecule has 0 fully saturated rings. The zero-order chi connectivity index (χ0) is 10.1. The lowest BCUT2D eigenvalue weighted by Gasteiger charge is -1.96. The summed E-state index contributed by atoms with van der Waals surface area (Å²) in [4.78, 5) is 25.7. The maximum Gasteiger partial charge on any atom is 0.326 e. The van der Waals surface area contributed by atoms with Crippen LogP contribution in [0.25, 0.3) is 11.3 Å². The number of hydrogen-bond donors (Lipinski definition) is 2. The van der Waals surface area contributed by atoms with Crippen molar-refractivity contribution in [3.63, 3.8) is 0 Å². The minimum atomic E-state index is -1.05. The first kappa shape index (κ1) is 8.49. The Bertz CT molecular complexity index is 553. The van der Waals surface area contributed by atoms with Gasteiger partial charge in [-0.3, -0.25) is 9.78 Å². The van der Waals surface area contributed by atoms with Crippen molar-refractivity contribution < 1.29 is 8.81 Å². The van der Waals surface area contributed by atoms with Crippen LogP contribution < -0.4 is 11.2 Å². The molecule has 0 aliphatic carbocycles. The van der Waals surface area contributed by atoms with E-state index in [9.17, 15) is 14.0 Å². The van der Waals surface area contributed by atoms with Crippen LogP contribution in [-0.4, -0.2) is 9.97 Å². The van der Waals surface area contributed by atoms with E-state index in [1.807, 2.05) is 0 Å². The van der Waals surface area contributed by atoms with Crippen molar-refractivity contribution in [2.75, 3.05) is 0 Å². The molecule has 14 heavy (non-hydrogen) atoms. The van der Waals surface area contributed by atoms with Crippen LogP contribution in [0.4, 0.5) is 4.39 Å². The zero-order valence-corrected chi connectivity index (χ0v) is 6.83. The lowest BCUT2D eigenvalue weighted by atomic mass is 10.2. The minimum absolute atomic E-state index is 0.174. The molecule has 0 aliphatic rings. The molecule has 2 aromatic rings. The lowest BCUT2D eigenvalue weighted by molar-refractivity contribution is 0.566. The van der Waals surface area contributed by atoms with E-state index in [0.29, 0.717) is 5.56 Å². The maximum atomic E-state index is 13.2. The fourth-order valence-electron chi connectivity index (χ4n) is 1.08. The van der Waals surface area contributed by atoms with Crippen LogP contribution in [-0.2, 0) is 0 Å². The van der Waals surface area contributed by atoms with Crippen LogP contribution in [0, 0.1) is 5.82 Å². The van der Waals surface area contributed by atoms with Gasteiger partial charge in [-0.15, -0.1) is 0 Å². The molecule has 0 bridgehead atoms. The highest BCUT2D eigenvalue weighted by Gasteiger charge is 2.11. The lowest BCUT2D eigenvalue weighted by Crippen LogP contribution is -2.25. The molecule has 0 amide bonds. The van der Waals surface area contributed by atoms with Gasteiger partial charge in [0.1, 0.15) is 0 Å². The van der Waals surface area contributed by atoms with Gasteiger partial charge >= 0.3 is 5.69 Å². The van der Waals surface area contributed by atoms with Crippen molar-refractivity contribution in [2.45, 2.75) is 0 Å². The third-order valence-electron chi connectivity index (χ3n) is 1.69. The normalized spacial score (nSPS) is 10.4. The highest BCUT2D eigenvalue weighted by molar-refractivity contribution is 5.56. The number of aromatic amines is 2. The van der Waals surface area contributed by atoms with Crippen molar-refractivity contribution in [1.82, 2.24) is 9.97 Å². The molecule has 0 saturated carbocycles. The van der Waals surface area contributed by atoms with Gasteiger partial charge in [0.2, 0.25) is 5.82 Å². The Morgan fingerprint density at radius 3 is 2.71 bits per heavy atom. The van der Waals surface area contributed by atoms with Gasteiger partial charge in [-0.25, -0.2) is 4.79 Å². The quantitative estimate of drug-likeness (QED) is 0.695. The van der Waals surface area contributed by atoms with E-state index in [-0.39, 0.29) is 5.69 Å². The predicted molar refractivity (Wildman–Crippen MR) is 45.3 cm³/mol. The van der Waals surface area contributed by atoms with Crippen LogP contribution in [0.15, 0.2) is 32.6 Å². The second-order valence-electron chi connectivity index (χ2n) is 2.61. The minimum Gasteiger partial charge on any atom is -0.472 e. The van der Waals surface area contributed by atoms with Gasteiger partial charge in [0, 0.05) is 5.56 Å². The van der Waals surface area contributed by atoms with Crippen molar-refractivity contribution in [3.8, 4) is 11.3 Å². The molecule has 0 unspecified atom stereocenters. The summed E-state index contributed by atoms with van der Waals surface area (Å²) in [5, 5.41) is 0. The van der Waals surface area contributed by atoms with E-state index in [4.69, 9.17) is 4.42 Å². The fraction of sp³-hybridized carbons (Fsp3) is 0. The Labute approximate surface area is 76.2 Å². The highest BCUT2D eigenvalue weighted by Crippen LogP contribution is 2.16. The average Bonchev–Trinajstić information content (AvgIpc) is 2.63. The van der Waals surface area contributed by atoms with Gasteiger partial charge in [0.05, 0.1) is 18.2 Å². The Morgan fingerprint density at radius 2 is 2.07 bits per heavy atom. The van der Waals surface area contributed by atoms with E-state index in [2.05, 4.69) is 4.98 Å². The molecule has 0 radical (unpaired) electrons. The van der Waals surface area contributed by atoms with Gasteiger partial charge in [0.25, 0.3) is 5.56 Å². The molecule has 0 spiro atoms. The summed E-state index contributed by atoms with van der Waals surface area (Å²) in [7, 11) is 0. The van der Waals surface area contributed by atoms with E-state index in [1.165, 1.54) is 18.6 Å². The molecule has 72 valence electrons. The molecule has 6 heteroatoms. The molecule has 0 aliphatic heterocycles. The van der Waals surface area contributed by atoms with Crippen molar-refractivity contribution in [1.29, 1.82) is 0 Å². The number of furan rings is 1. The molecule has 2 aromatic heterocycles. The van der Waals surface area contributed by atoms with Crippen LogP contribution in [0.2, 0.25) is 0 Å². The zero-order valence-electron chi connectivity index (χ0n) is 6.83. The first-order valence-electron chi connectivity index (χ1n) is 3.73. The van der Waals surface area contributed by atoms with Crippen LogP contribution in [0.3, 0.4) is 0 Å². The molecule has 2 N–H and O–H groups in total. The summed E-state index contributed by atoms with van der Waals surface area (Å²) in [5.74, 6) is -1.04. The molecular formula is C8H5FN2O3. The second-order valence-corrected chi connectivity index (χ2v) is 2.61. The Morgan fingerprint density at radius 1 is 1.29 bits per heavy atom. The summed E-state index contributed by atoms with van der Waals surface area (Å²) in [6.45, 7) is 0. The van der Waals surface area contributed by atoms with Crippen molar-refractivity contribution in [3.05, 3.63) is 45.2 Å². The summed E-state index contributed by atoms with van der Waals surface area (Å²) in [6, 6.07) is 1.44. The monoisotopic (exact) mass is 196 g/mol. The topological polar surface area (TPSA) is 78.9 Å². The molecular weight excluding hydrogens is 191 g/mol. The van der Waals surface area contributed by atoms with Gasteiger partial charge in [-0.05, 0) is 6.07 Å².